The molecule has 0 atom stereocenters. The van der Waals surface area contributed by atoms with E-state index in [1.165, 1.54) is 17.0 Å². The van der Waals surface area contributed by atoms with Crippen LogP contribution in [-0.4, -0.2) is 19.4 Å². The summed E-state index contributed by atoms with van der Waals surface area (Å²) in [5.74, 6) is 0. The summed E-state index contributed by atoms with van der Waals surface area (Å²) in [5, 5.41) is 2.04. The van der Waals surface area contributed by atoms with E-state index in [-0.39, 0.29) is 0 Å². The van der Waals surface area contributed by atoms with Gasteiger partial charge in [-0.2, -0.15) is 0 Å². The lowest BCUT2D eigenvalue weighted by Crippen LogP contribution is -2.26. The molecular weight excluding hydrogens is 182 g/mol. The minimum Gasteiger partial charge on any atom is -0.367 e. The molecule has 13 heavy (non-hydrogen) atoms. The molecule has 0 saturated carbocycles. The van der Waals surface area contributed by atoms with E-state index in [9.17, 15) is 4.79 Å². The summed E-state index contributed by atoms with van der Waals surface area (Å²) < 4.78 is 0. The van der Waals surface area contributed by atoms with E-state index in [1.54, 1.807) is 0 Å². The second kappa shape index (κ2) is 3.75. The quantitative estimate of drug-likeness (QED) is 0.530. The van der Waals surface area contributed by atoms with Crippen LogP contribution in [0.25, 0.3) is 0 Å². The van der Waals surface area contributed by atoms with Gasteiger partial charge in [0.25, 0.3) is 0 Å². The Morgan fingerprint density at radius 3 is 3.00 bits per heavy atom. The molecule has 2 rings (SSSR count). The van der Waals surface area contributed by atoms with Gasteiger partial charge in [-0.3, -0.25) is 4.79 Å². The summed E-state index contributed by atoms with van der Waals surface area (Å²) in [6, 6.07) is 1.96. The molecule has 0 spiro atoms. The Labute approximate surface area is 81.5 Å². The second-order valence-corrected chi connectivity index (χ2v) is 3.97. The first kappa shape index (κ1) is 8.51. The Bertz CT molecular complexity index is 329. The Morgan fingerprint density at radius 2 is 2.38 bits per heavy atom. The molecule has 0 bridgehead atoms. The number of nitrogens with zero attached hydrogens (tertiary/aromatic N) is 1. The van der Waals surface area contributed by atoms with Crippen LogP contribution in [0.2, 0.25) is 0 Å². The van der Waals surface area contributed by atoms with Crippen molar-refractivity contribution in [3.8, 4) is 0 Å². The largest absolute Gasteiger partial charge is 0.367 e. The molecule has 0 amide bonds. The highest BCUT2D eigenvalue weighted by Gasteiger charge is 2.08. The van der Waals surface area contributed by atoms with Crippen molar-refractivity contribution in [1.82, 2.24) is 0 Å². The van der Waals surface area contributed by atoms with Crippen LogP contribution < -0.4 is 4.90 Å². The van der Waals surface area contributed by atoms with Crippen molar-refractivity contribution in [2.75, 3.05) is 18.0 Å². The molecule has 0 aromatic carbocycles. The first-order chi connectivity index (χ1) is 6.40. The van der Waals surface area contributed by atoms with Crippen molar-refractivity contribution in [2.24, 2.45) is 0 Å². The lowest BCUT2D eigenvalue weighted by atomic mass is 10.2. The number of hydrogen-bond acceptors (Lipinski definition) is 3. The van der Waals surface area contributed by atoms with Crippen LogP contribution in [0.1, 0.15) is 16.1 Å². The molecule has 2 heterocycles. The lowest BCUT2D eigenvalue weighted by Gasteiger charge is -2.23. The van der Waals surface area contributed by atoms with E-state index in [2.05, 4.69) is 17.1 Å². The average molecular weight is 193 g/mol. The van der Waals surface area contributed by atoms with Crippen LogP contribution in [0.3, 0.4) is 0 Å². The summed E-state index contributed by atoms with van der Waals surface area (Å²) >= 11 is 1.51. The molecule has 0 radical (unpaired) electrons. The molecule has 0 saturated heterocycles. The number of carbonyl (C=O) groups is 1. The Hall–Kier alpha value is -1.09. The van der Waals surface area contributed by atoms with Crippen molar-refractivity contribution >= 4 is 23.3 Å². The first-order valence-electron chi connectivity index (χ1n) is 4.34. The van der Waals surface area contributed by atoms with Crippen molar-refractivity contribution < 1.29 is 4.79 Å². The van der Waals surface area contributed by atoms with Crippen molar-refractivity contribution in [3.63, 3.8) is 0 Å². The van der Waals surface area contributed by atoms with Gasteiger partial charge < -0.3 is 4.90 Å². The molecule has 1 aliphatic heterocycles. The SMILES string of the molecule is O=Cc1cc(N2CC=CCC2)cs1. The van der Waals surface area contributed by atoms with E-state index in [0.29, 0.717) is 0 Å². The Kier molecular flexibility index (Phi) is 2.45. The normalized spacial score (nSPS) is 16.2. The molecule has 1 aromatic heterocycles. The molecule has 1 aliphatic rings. The maximum atomic E-state index is 10.5. The number of hydrogen-bond donors (Lipinski definition) is 0. The second-order valence-electron chi connectivity index (χ2n) is 3.03. The Morgan fingerprint density at radius 1 is 1.46 bits per heavy atom. The van der Waals surface area contributed by atoms with E-state index in [1.807, 2.05) is 11.4 Å². The molecule has 68 valence electrons. The number of anilines is 1. The van der Waals surface area contributed by atoms with Gasteiger partial charge >= 0.3 is 0 Å². The molecule has 0 N–H and O–H groups in total. The molecular formula is C10H11NOS. The zero-order chi connectivity index (χ0) is 9.10. The minimum absolute atomic E-state index is 0.810. The van der Waals surface area contributed by atoms with E-state index >= 15 is 0 Å². The predicted octanol–water partition coefficient (Wildman–Crippen LogP) is 2.33. The van der Waals surface area contributed by atoms with Crippen molar-refractivity contribution in [2.45, 2.75) is 6.42 Å². The molecule has 2 nitrogen and oxygen atoms in total. The van der Waals surface area contributed by atoms with Crippen LogP contribution in [0.4, 0.5) is 5.69 Å². The number of carbonyl (C=O) groups excluding carboxylic acids is 1. The lowest BCUT2D eigenvalue weighted by molar-refractivity contribution is 0.112. The summed E-state index contributed by atoms with van der Waals surface area (Å²) in [6.07, 6.45) is 6.38. The van der Waals surface area contributed by atoms with E-state index in [4.69, 9.17) is 0 Å². The van der Waals surface area contributed by atoms with Gasteiger partial charge in [-0.15, -0.1) is 11.3 Å². The fourth-order valence-corrected chi connectivity index (χ4v) is 2.16. The van der Waals surface area contributed by atoms with Crippen LogP contribution in [0.5, 0.6) is 0 Å². The number of aldehydes is 1. The minimum atomic E-state index is 0.810. The third-order valence-corrected chi connectivity index (χ3v) is 2.99. The maximum absolute atomic E-state index is 10.5. The van der Waals surface area contributed by atoms with Crippen LogP contribution in [0, 0.1) is 0 Å². The van der Waals surface area contributed by atoms with Gasteiger partial charge in [0, 0.05) is 24.2 Å². The molecule has 0 fully saturated rings. The van der Waals surface area contributed by atoms with Gasteiger partial charge in [-0.05, 0) is 12.5 Å². The molecule has 3 heteroatoms. The molecule has 1 aromatic rings. The zero-order valence-corrected chi connectivity index (χ0v) is 8.09. The topological polar surface area (TPSA) is 20.3 Å². The average Bonchev–Trinajstić information content (AvgIpc) is 2.67. The molecule has 0 aliphatic carbocycles. The predicted molar refractivity (Wildman–Crippen MR) is 55.7 cm³/mol. The highest BCUT2D eigenvalue weighted by Crippen LogP contribution is 2.23. The van der Waals surface area contributed by atoms with E-state index < -0.39 is 0 Å². The Balaban J connectivity index is 2.15. The van der Waals surface area contributed by atoms with Gasteiger partial charge in [-0.1, -0.05) is 12.2 Å². The molecule has 0 unspecified atom stereocenters. The van der Waals surface area contributed by atoms with Gasteiger partial charge in [0.1, 0.15) is 0 Å². The van der Waals surface area contributed by atoms with Gasteiger partial charge in [0.2, 0.25) is 0 Å². The van der Waals surface area contributed by atoms with Crippen LogP contribution in [-0.2, 0) is 0 Å². The highest BCUT2D eigenvalue weighted by atomic mass is 32.1. The number of thiophene rings is 1. The summed E-state index contributed by atoms with van der Waals surface area (Å²) in [4.78, 5) is 13.6. The van der Waals surface area contributed by atoms with Crippen molar-refractivity contribution in [1.29, 1.82) is 0 Å². The standard InChI is InChI=1S/C10H11NOS/c12-7-10-6-9(8-13-10)11-4-2-1-3-5-11/h1-2,6-8H,3-5H2. The van der Waals surface area contributed by atoms with Gasteiger partial charge in [0.15, 0.2) is 6.29 Å². The zero-order valence-electron chi connectivity index (χ0n) is 7.27. The van der Waals surface area contributed by atoms with Gasteiger partial charge in [0.05, 0.1) is 4.88 Å². The van der Waals surface area contributed by atoms with Crippen LogP contribution >= 0.6 is 11.3 Å². The van der Waals surface area contributed by atoms with Crippen LogP contribution in [0.15, 0.2) is 23.6 Å². The fraction of sp³-hybridized carbons (Fsp3) is 0.300. The monoisotopic (exact) mass is 193 g/mol. The summed E-state index contributed by atoms with van der Waals surface area (Å²) in [5.41, 5.74) is 1.18. The smallest absolute Gasteiger partial charge is 0.160 e. The maximum Gasteiger partial charge on any atom is 0.160 e. The van der Waals surface area contributed by atoms with E-state index in [0.717, 1.165) is 30.7 Å². The van der Waals surface area contributed by atoms with Crippen molar-refractivity contribution in [3.05, 3.63) is 28.5 Å². The van der Waals surface area contributed by atoms with Gasteiger partial charge in [-0.25, -0.2) is 0 Å². The summed E-state index contributed by atoms with van der Waals surface area (Å²) in [7, 11) is 0. The first-order valence-corrected chi connectivity index (χ1v) is 5.22. The number of rotatable bonds is 2. The highest BCUT2D eigenvalue weighted by molar-refractivity contribution is 7.12. The fourth-order valence-electron chi connectivity index (χ4n) is 1.45. The third-order valence-electron chi connectivity index (χ3n) is 2.15. The summed E-state index contributed by atoms with van der Waals surface area (Å²) in [6.45, 7) is 2.03. The third kappa shape index (κ3) is 1.80.